The van der Waals surface area contributed by atoms with Crippen LogP contribution in [0.1, 0.15) is 19.3 Å². The Morgan fingerprint density at radius 1 is 1.35 bits per heavy atom. The summed E-state index contributed by atoms with van der Waals surface area (Å²) < 4.78 is 1.43. The third kappa shape index (κ3) is 2.42. The van der Waals surface area contributed by atoms with E-state index in [4.69, 9.17) is 0 Å². The van der Waals surface area contributed by atoms with E-state index in [1.54, 1.807) is 25.2 Å². The zero-order valence-corrected chi connectivity index (χ0v) is 12.9. The first-order valence-corrected chi connectivity index (χ1v) is 7.91. The average Bonchev–Trinajstić information content (AvgIpc) is 3.14. The number of aromatic nitrogens is 2. The minimum atomic E-state index is -0.227. The third-order valence-corrected chi connectivity index (χ3v) is 4.89. The maximum Gasteiger partial charge on any atom is 0.260 e. The Balaban J connectivity index is 1.59. The number of carbonyl (C=O) groups excluding carboxylic acids is 1. The molecule has 2 aliphatic rings. The monoisotopic (exact) mass is 313 g/mol. The van der Waals surface area contributed by atoms with E-state index in [1.807, 2.05) is 0 Å². The van der Waals surface area contributed by atoms with Crippen LogP contribution in [0, 0.1) is 5.92 Å². The van der Waals surface area contributed by atoms with Crippen molar-refractivity contribution in [3.8, 4) is 0 Å². The first-order chi connectivity index (χ1) is 11.1. The van der Waals surface area contributed by atoms with Crippen molar-refractivity contribution < 1.29 is 4.79 Å². The van der Waals surface area contributed by atoms with Gasteiger partial charge in [-0.2, -0.15) is 0 Å². The van der Waals surface area contributed by atoms with Gasteiger partial charge in [-0.3, -0.25) is 15.0 Å². The summed E-state index contributed by atoms with van der Waals surface area (Å²) in [6, 6.07) is 5.39. The predicted octanol–water partition coefficient (Wildman–Crippen LogP) is 0.517. The minimum Gasteiger partial charge on any atom is -0.325 e. The second kappa shape index (κ2) is 5.43. The van der Waals surface area contributed by atoms with Crippen molar-refractivity contribution in [2.75, 3.05) is 5.32 Å². The van der Waals surface area contributed by atoms with E-state index in [0.717, 1.165) is 19.3 Å². The Morgan fingerprint density at radius 2 is 2.22 bits per heavy atom. The van der Waals surface area contributed by atoms with Crippen LogP contribution in [0.4, 0.5) is 5.69 Å². The highest BCUT2D eigenvalue weighted by Crippen LogP contribution is 2.32. The Kier molecular flexibility index (Phi) is 3.39. The fourth-order valence-electron chi connectivity index (χ4n) is 3.64. The fourth-order valence-corrected chi connectivity index (χ4v) is 3.64. The molecule has 1 aromatic carbocycles. The number of fused-ring (bicyclic) bond motifs is 2. The molecule has 0 spiro atoms. The molecule has 7 nitrogen and oxygen atoms in total. The lowest BCUT2D eigenvalue weighted by Gasteiger charge is -2.16. The second-order valence-electron chi connectivity index (χ2n) is 6.35. The number of anilines is 1. The molecule has 3 unspecified atom stereocenters. The molecule has 1 amide bonds. The largest absolute Gasteiger partial charge is 0.325 e. The van der Waals surface area contributed by atoms with Gasteiger partial charge in [0.15, 0.2) is 0 Å². The molecule has 1 aromatic heterocycles. The number of nitrogens with zero attached hydrogens (tertiary/aromatic N) is 2. The normalized spacial score (nSPS) is 26.4. The minimum absolute atomic E-state index is 0.0630. The SMILES string of the molecule is Cn1cnc2ccc(NC(=O)C3NNC4CCCC43)cc2c1=O. The van der Waals surface area contributed by atoms with Crippen LogP contribution in [0.25, 0.3) is 10.9 Å². The van der Waals surface area contributed by atoms with Gasteiger partial charge >= 0.3 is 0 Å². The summed E-state index contributed by atoms with van der Waals surface area (Å²) >= 11 is 0. The summed E-state index contributed by atoms with van der Waals surface area (Å²) in [7, 11) is 1.66. The van der Waals surface area contributed by atoms with Crippen LogP contribution in [0.15, 0.2) is 29.3 Å². The van der Waals surface area contributed by atoms with Crippen LogP contribution < -0.4 is 21.7 Å². The van der Waals surface area contributed by atoms with Crippen LogP contribution in [0.3, 0.4) is 0 Å². The van der Waals surface area contributed by atoms with Gasteiger partial charge in [-0.25, -0.2) is 10.4 Å². The number of hydrogen-bond acceptors (Lipinski definition) is 5. The zero-order chi connectivity index (χ0) is 16.0. The van der Waals surface area contributed by atoms with Gasteiger partial charge in [0.1, 0.15) is 6.04 Å². The van der Waals surface area contributed by atoms with Gasteiger partial charge in [-0.1, -0.05) is 6.42 Å². The molecule has 120 valence electrons. The van der Waals surface area contributed by atoms with E-state index >= 15 is 0 Å². The van der Waals surface area contributed by atoms with E-state index in [1.165, 1.54) is 10.9 Å². The van der Waals surface area contributed by atoms with Crippen LogP contribution >= 0.6 is 0 Å². The molecule has 0 radical (unpaired) electrons. The smallest absolute Gasteiger partial charge is 0.260 e. The van der Waals surface area contributed by atoms with Crippen molar-refractivity contribution in [2.45, 2.75) is 31.3 Å². The second-order valence-corrected chi connectivity index (χ2v) is 6.35. The third-order valence-electron chi connectivity index (χ3n) is 4.89. The van der Waals surface area contributed by atoms with Gasteiger partial charge in [0.25, 0.3) is 5.56 Å². The number of nitrogens with one attached hydrogen (secondary N) is 3. The lowest BCUT2D eigenvalue weighted by Crippen LogP contribution is -2.42. The Labute approximate surface area is 133 Å². The van der Waals surface area contributed by atoms with E-state index < -0.39 is 0 Å². The summed E-state index contributed by atoms with van der Waals surface area (Å²) in [6.07, 6.45) is 4.83. The molecule has 3 N–H and O–H groups in total. The number of hydrazine groups is 1. The van der Waals surface area contributed by atoms with Crippen molar-refractivity contribution in [1.29, 1.82) is 0 Å². The maximum atomic E-state index is 12.5. The molecule has 2 fully saturated rings. The molecule has 1 saturated heterocycles. The van der Waals surface area contributed by atoms with Gasteiger partial charge in [0.05, 0.1) is 17.2 Å². The van der Waals surface area contributed by atoms with Crippen molar-refractivity contribution in [1.82, 2.24) is 20.4 Å². The molecule has 7 heteroatoms. The molecule has 1 saturated carbocycles. The van der Waals surface area contributed by atoms with Gasteiger partial charge in [0, 0.05) is 24.7 Å². The van der Waals surface area contributed by atoms with Crippen LogP contribution in [-0.4, -0.2) is 27.5 Å². The summed E-state index contributed by atoms with van der Waals surface area (Å²) in [4.78, 5) is 28.9. The Bertz CT molecular complexity index is 831. The molecule has 3 atom stereocenters. The number of carbonyl (C=O) groups is 1. The topological polar surface area (TPSA) is 88.1 Å². The average molecular weight is 313 g/mol. The maximum absolute atomic E-state index is 12.5. The number of hydrogen-bond donors (Lipinski definition) is 3. The van der Waals surface area contributed by atoms with Crippen molar-refractivity contribution >= 4 is 22.5 Å². The molecule has 23 heavy (non-hydrogen) atoms. The first kappa shape index (κ1) is 14.3. The van der Waals surface area contributed by atoms with Crippen molar-refractivity contribution in [3.05, 3.63) is 34.9 Å². The van der Waals surface area contributed by atoms with E-state index in [2.05, 4.69) is 21.2 Å². The Morgan fingerprint density at radius 3 is 3.09 bits per heavy atom. The molecule has 4 rings (SSSR count). The molecule has 1 aliphatic heterocycles. The molecular weight excluding hydrogens is 294 g/mol. The number of rotatable bonds is 2. The van der Waals surface area contributed by atoms with E-state index in [0.29, 0.717) is 28.6 Å². The lowest BCUT2D eigenvalue weighted by molar-refractivity contribution is -0.118. The molecule has 2 aromatic rings. The highest BCUT2D eigenvalue weighted by Gasteiger charge is 2.42. The first-order valence-electron chi connectivity index (χ1n) is 7.91. The summed E-state index contributed by atoms with van der Waals surface area (Å²) in [5, 5.41) is 3.42. The summed E-state index contributed by atoms with van der Waals surface area (Å²) in [6.45, 7) is 0. The molecule has 0 bridgehead atoms. The Hall–Kier alpha value is -2.25. The van der Waals surface area contributed by atoms with Gasteiger partial charge in [-0.15, -0.1) is 0 Å². The van der Waals surface area contributed by atoms with E-state index in [-0.39, 0.29) is 17.5 Å². The molecule has 2 heterocycles. The van der Waals surface area contributed by atoms with Crippen LogP contribution in [-0.2, 0) is 11.8 Å². The molecule has 1 aliphatic carbocycles. The number of amides is 1. The highest BCUT2D eigenvalue weighted by atomic mass is 16.2. The van der Waals surface area contributed by atoms with Crippen LogP contribution in [0.2, 0.25) is 0 Å². The number of benzene rings is 1. The van der Waals surface area contributed by atoms with E-state index in [9.17, 15) is 9.59 Å². The van der Waals surface area contributed by atoms with Gasteiger partial charge < -0.3 is 9.88 Å². The fraction of sp³-hybridized carbons (Fsp3) is 0.438. The lowest BCUT2D eigenvalue weighted by atomic mass is 9.96. The van der Waals surface area contributed by atoms with Crippen LogP contribution in [0.5, 0.6) is 0 Å². The van der Waals surface area contributed by atoms with Gasteiger partial charge in [-0.05, 0) is 31.0 Å². The highest BCUT2D eigenvalue weighted by molar-refractivity contribution is 5.97. The van der Waals surface area contributed by atoms with Gasteiger partial charge in [0.2, 0.25) is 5.91 Å². The van der Waals surface area contributed by atoms with Crippen molar-refractivity contribution in [2.24, 2.45) is 13.0 Å². The summed E-state index contributed by atoms with van der Waals surface area (Å²) in [5.74, 6) is 0.275. The number of aryl methyl sites for hydroxylation is 1. The predicted molar refractivity (Wildman–Crippen MR) is 86.8 cm³/mol. The standard InChI is InChI=1S/C16H19N5O2/c1-21-8-17-12-6-5-9(7-11(12)16(21)23)18-15(22)14-10-3-2-4-13(10)19-20-14/h5-8,10,13-14,19-20H,2-4H2,1H3,(H,18,22). The zero-order valence-electron chi connectivity index (χ0n) is 12.9. The molecular formula is C16H19N5O2. The quantitative estimate of drug-likeness (QED) is 0.752. The van der Waals surface area contributed by atoms with Crippen molar-refractivity contribution in [3.63, 3.8) is 0 Å². The summed E-state index contributed by atoms with van der Waals surface area (Å²) in [5.41, 5.74) is 7.43.